The maximum absolute atomic E-state index is 7.04. The van der Waals surface area contributed by atoms with Crippen molar-refractivity contribution in [1.82, 2.24) is 0 Å². The molecule has 136 valence electrons. The normalized spacial score (nSPS) is 13.6. The maximum atomic E-state index is 7.04. The summed E-state index contributed by atoms with van der Waals surface area (Å²) < 4.78 is 7.04. The fourth-order valence-electron chi connectivity index (χ4n) is 3.58. The third-order valence-corrected chi connectivity index (χ3v) is 10.5. The molecule has 0 unspecified atom stereocenters. The molecule has 0 bridgehead atoms. The first kappa shape index (κ1) is 20.4. The number of alkyl halides is 1. The molecule has 0 spiro atoms. The average Bonchev–Trinajstić information content (AvgIpc) is 2.60. The van der Waals surface area contributed by atoms with Crippen LogP contribution < -0.4 is 10.4 Å². The highest BCUT2D eigenvalue weighted by molar-refractivity contribution is 9.09. The molecule has 0 fully saturated rings. The van der Waals surface area contributed by atoms with Gasteiger partial charge in [-0.25, -0.2) is 0 Å². The monoisotopic (exact) mass is 418 g/mol. The minimum Gasteiger partial charge on any atom is -0.405 e. The van der Waals surface area contributed by atoms with Crippen LogP contribution in [0.1, 0.15) is 47.0 Å². The zero-order chi connectivity index (χ0) is 18.3. The number of rotatable bonds is 8. The molecule has 3 heteroatoms. The largest absolute Gasteiger partial charge is 0.405 e. The molecule has 1 atom stereocenters. The van der Waals surface area contributed by atoms with Gasteiger partial charge in [0.15, 0.2) is 0 Å². The SMILES string of the molecule is C[C@@H](CCCCBr)O[Si](c1ccccc1)(c1ccccc1)C(C)(C)C. The predicted octanol–water partition coefficient (Wildman–Crippen LogP) is 5.52. The molecule has 0 radical (unpaired) electrons. The van der Waals surface area contributed by atoms with Crippen LogP contribution in [0.5, 0.6) is 0 Å². The van der Waals surface area contributed by atoms with Crippen molar-refractivity contribution < 1.29 is 4.43 Å². The van der Waals surface area contributed by atoms with Crippen LogP contribution in [0.25, 0.3) is 0 Å². The van der Waals surface area contributed by atoms with Gasteiger partial charge in [-0.3, -0.25) is 0 Å². The first-order chi connectivity index (χ1) is 11.9. The number of benzene rings is 2. The fraction of sp³-hybridized carbons (Fsp3) is 0.455. The topological polar surface area (TPSA) is 9.23 Å². The lowest BCUT2D eigenvalue weighted by molar-refractivity contribution is 0.193. The van der Waals surface area contributed by atoms with Gasteiger partial charge in [-0.15, -0.1) is 0 Å². The third-order valence-electron chi connectivity index (χ3n) is 4.79. The molecule has 0 N–H and O–H groups in total. The molecule has 0 saturated carbocycles. The van der Waals surface area contributed by atoms with Crippen molar-refractivity contribution in [2.75, 3.05) is 5.33 Å². The lowest BCUT2D eigenvalue weighted by Crippen LogP contribution is -2.67. The maximum Gasteiger partial charge on any atom is 0.261 e. The van der Waals surface area contributed by atoms with Crippen LogP contribution in [0.2, 0.25) is 5.04 Å². The van der Waals surface area contributed by atoms with Crippen molar-refractivity contribution >= 4 is 34.6 Å². The van der Waals surface area contributed by atoms with E-state index < -0.39 is 8.32 Å². The van der Waals surface area contributed by atoms with Crippen molar-refractivity contribution in [3.63, 3.8) is 0 Å². The second kappa shape index (κ2) is 9.16. The highest BCUT2D eigenvalue weighted by atomic mass is 79.9. The Morgan fingerprint density at radius 3 is 1.76 bits per heavy atom. The molecule has 0 aromatic heterocycles. The van der Waals surface area contributed by atoms with Crippen molar-refractivity contribution in [2.45, 2.75) is 58.1 Å². The first-order valence-electron chi connectivity index (χ1n) is 9.26. The summed E-state index contributed by atoms with van der Waals surface area (Å²) in [5, 5.41) is 3.85. The molecule has 0 saturated heterocycles. The second-order valence-corrected chi connectivity index (χ2v) is 12.8. The minimum absolute atomic E-state index is 0.0550. The lowest BCUT2D eigenvalue weighted by Gasteiger charge is -2.44. The van der Waals surface area contributed by atoms with E-state index in [0.29, 0.717) is 0 Å². The zero-order valence-electron chi connectivity index (χ0n) is 16.0. The van der Waals surface area contributed by atoms with Crippen LogP contribution in [0, 0.1) is 0 Å². The van der Waals surface area contributed by atoms with Crippen LogP contribution in [0.4, 0.5) is 0 Å². The number of unbranched alkanes of at least 4 members (excludes halogenated alkanes) is 1. The van der Waals surface area contributed by atoms with Gasteiger partial charge >= 0.3 is 0 Å². The summed E-state index contributed by atoms with van der Waals surface area (Å²) in [7, 11) is -2.38. The molecule has 0 aliphatic carbocycles. The zero-order valence-corrected chi connectivity index (χ0v) is 18.6. The van der Waals surface area contributed by atoms with Crippen LogP contribution in [-0.2, 0) is 4.43 Å². The average molecular weight is 419 g/mol. The molecule has 2 aromatic rings. The van der Waals surface area contributed by atoms with Crippen molar-refractivity contribution in [1.29, 1.82) is 0 Å². The number of halogens is 1. The summed E-state index contributed by atoms with van der Waals surface area (Å²) in [4.78, 5) is 0. The quantitative estimate of drug-likeness (QED) is 0.311. The van der Waals surface area contributed by atoms with E-state index in [1.54, 1.807) is 0 Å². The van der Waals surface area contributed by atoms with Gasteiger partial charge in [0, 0.05) is 11.4 Å². The summed E-state index contributed by atoms with van der Waals surface area (Å²) in [5.41, 5.74) is 0. The van der Waals surface area contributed by atoms with Gasteiger partial charge in [-0.05, 0) is 35.2 Å². The fourth-order valence-corrected chi connectivity index (χ4v) is 8.71. The molecule has 1 nitrogen and oxygen atoms in total. The van der Waals surface area contributed by atoms with E-state index in [4.69, 9.17) is 4.43 Å². The summed E-state index contributed by atoms with van der Waals surface area (Å²) in [6.07, 6.45) is 3.76. The van der Waals surface area contributed by atoms with Gasteiger partial charge in [-0.2, -0.15) is 0 Å². The Morgan fingerprint density at radius 1 is 0.880 bits per heavy atom. The summed E-state index contributed by atoms with van der Waals surface area (Å²) in [5.74, 6) is 0. The number of hydrogen-bond donors (Lipinski definition) is 0. The van der Waals surface area contributed by atoms with Crippen molar-refractivity contribution in [2.24, 2.45) is 0 Å². The van der Waals surface area contributed by atoms with Crippen LogP contribution in [0.15, 0.2) is 60.7 Å². The van der Waals surface area contributed by atoms with Crippen LogP contribution in [-0.4, -0.2) is 19.8 Å². The summed E-state index contributed by atoms with van der Waals surface area (Å²) >= 11 is 3.53. The Labute approximate surface area is 163 Å². The molecule has 0 aliphatic rings. The van der Waals surface area contributed by atoms with E-state index >= 15 is 0 Å². The molecule has 0 aliphatic heterocycles. The van der Waals surface area contributed by atoms with Crippen molar-refractivity contribution in [3.8, 4) is 0 Å². The summed E-state index contributed by atoms with van der Waals surface area (Å²) in [6.45, 7) is 9.26. The molecule has 2 rings (SSSR count). The van der Waals surface area contributed by atoms with Crippen LogP contribution in [0.3, 0.4) is 0 Å². The molecule has 0 amide bonds. The van der Waals surface area contributed by atoms with E-state index in [9.17, 15) is 0 Å². The van der Waals surface area contributed by atoms with Gasteiger partial charge in [0.2, 0.25) is 0 Å². The van der Waals surface area contributed by atoms with Gasteiger partial charge in [0.05, 0.1) is 0 Å². The number of hydrogen-bond acceptors (Lipinski definition) is 1. The molecule has 2 aromatic carbocycles. The lowest BCUT2D eigenvalue weighted by atomic mass is 10.2. The van der Waals surface area contributed by atoms with E-state index in [2.05, 4.69) is 104 Å². The van der Waals surface area contributed by atoms with E-state index in [0.717, 1.165) is 11.8 Å². The Hall–Kier alpha value is -0.903. The smallest absolute Gasteiger partial charge is 0.261 e. The van der Waals surface area contributed by atoms with Crippen LogP contribution >= 0.6 is 15.9 Å². The first-order valence-corrected chi connectivity index (χ1v) is 12.3. The van der Waals surface area contributed by atoms with E-state index in [-0.39, 0.29) is 11.1 Å². The Balaban J connectivity index is 2.49. The highest BCUT2D eigenvalue weighted by Gasteiger charge is 2.50. The molecule has 25 heavy (non-hydrogen) atoms. The van der Waals surface area contributed by atoms with E-state index in [1.165, 1.54) is 23.2 Å². The minimum atomic E-state index is -2.38. The third kappa shape index (κ3) is 4.84. The van der Waals surface area contributed by atoms with Gasteiger partial charge in [0.25, 0.3) is 8.32 Å². The van der Waals surface area contributed by atoms with Gasteiger partial charge < -0.3 is 4.43 Å². The standard InChI is InChI=1S/C22H31BrOSi/c1-19(13-11-12-18-23)24-25(22(2,3)4,20-14-7-5-8-15-20)21-16-9-6-10-17-21/h5-10,14-17,19H,11-13,18H2,1-4H3/t19-/m0/s1. The van der Waals surface area contributed by atoms with E-state index in [1.807, 2.05) is 0 Å². The van der Waals surface area contributed by atoms with Crippen molar-refractivity contribution in [3.05, 3.63) is 60.7 Å². The Kier molecular flexibility index (Phi) is 7.47. The molecule has 0 heterocycles. The Morgan fingerprint density at radius 2 is 1.36 bits per heavy atom. The second-order valence-electron chi connectivity index (χ2n) is 7.78. The Bertz CT molecular complexity index is 582. The highest BCUT2D eigenvalue weighted by Crippen LogP contribution is 2.37. The van der Waals surface area contributed by atoms with Gasteiger partial charge in [-0.1, -0.05) is 104 Å². The molecular formula is C22H31BrOSi. The van der Waals surface area contributed by atoms with Gasteiger partial charge in [0.1, 0.15) is 0 Å². The predicted molar refractivity (Wildman–Crippen MR) is 116 cm³/mol. The molecular weight excluding hydrogens is 388 g/mol. The summed E-state index contributed by atoms with van der Waals surface area (Å²) in [6, 6.07) is 21.8.